The van der Waals surface area contributed by atoms with Gasteiger partial charge in [-0.2, -0.15) is 0 Å². The maximum absolute atomic E-state index is 12.2. The summed E-state index contributed by atoms with van der Waals surface area (Å²) in [6.45, 7) is 4.91. The highest BCUT2D eigenvalue weighted by molar-refractivity contribution is 5.91. The van der Waals surface area contributed by atoms with Crippen LogP contribution < -0.4 is 19.7 Å². The molecule has 7 heteroatoms. The molecule has 1 saturated heterocycles. The number of ether oxygens (including phenoxy) is 3. The molecule has 0 bridgehead atoms. The number of esters is 1. The summed E-state index contributed by atoms with van der Waals surface area (Å²) in [5.41, 5.74) is 0.701. The summed E-state index contributed by atoms with van der Waals surface area (Å²) >= 11 is 0. The van der Waals surface area contributed by atoms with E-state index in [1.807, 2.05) is 6.92 Å². The van der Waals surface area contributed by atoms with Crippen molar-refractivity contribution in [1.82, 2.24) is 0 Å². The van der Waals surface area contributed by atoms with Crippen molar-refractivity contribution in [3.05, 3.63) is 18.2 Å². The van der Waals surface area contributed by atoms with E-state index in [1.165, 1.54) is 4.90 Å². The zero-order valence-corrected chi connectivity index (χ0v) is 14.5. The first-order chi connectivity index (χ1) is 12.2. The molecule has 1 aromatic rings. The Bertz CT molecular complexity index is 634. The van der Waals surface area contributed by atoms with Crippen LogP contribution in [0.15, 0.2) is 18.2 Å². The number of amides is 1. The van der Waals surface area contributed by atoms with Crippen molar-refractivity contribution in [2.24, 2.45) is 5.92 Å². The van der Waals surface area contributed by atoms with Gasteiger partial charge in [-0.3, -0.25) is 9.59 Å². The van der Waals surface area contributed by atoms with E-state index in [2.05, 4.69) is 5.32 Å². The molecule has 25 heavy (non-hydrogen) atoms. The van der Waals surface area contributed by atoms with Crippen LogP contribution >= 0.6 is 0 Å². The summed E-state index contributed by atoms with van der Waals surface area (Å²) < 4.78 is 15.7. The predicted octanol–water partition coefficient (Wildman–Crippen LogP) is 0.602. The second-order valence-electron chi connectivity index (χ2n) is 6.41. The zero-order valence-electron chi connectivity index (χ0n) is 14.5. The van der Waals surface area contributed by atoms with Crippen molar-refractivity contribution < 1.29 is 28.7 Å². The fourth-order valence-corrected chi connectivity index (χ4v) is 3.33. The van der Waals surface area contributed by atoms with E-state index < -0.39 is 0 Å². The molecule has 2 unspecified atom stereocenters. The molecule has 2 heterocycles. The average molecular weight is 349 g/mol. The number of hydrogen-bond donors (Lipinski definition) is 2. The van der Waals surface area contributed by atoms with Crippen molar-refractivity contribution >= 4 is 17.6 Å². The van der Waals surface area contributed by atoms with Crippen LogP contribution in [0.5, 0.6) is 11.5 Å². The molecular weight excluding hydrogens is 324 g/mol. The molecular formula is C18H25N2O5+. The smallest absolute Gasteiger partial charge is 0.314 e. The molecule has 2 aliphatic rings. The minimum atomic E-state index is -0.107. The van der Waals surface area contributed by atoms with Crippen molar-refractivity contribution in [1.29, 1.82) is 0 Å². The van der Waals surface area contributed by atoms with Crippen LogP contribution in [0.3, 0.4) is 0 Å². The van der Waals surface area contributed by atoms with Gasteiger partial charge in [0.1, 0.15) is 5.92 Å². The fourth-order valence-electron chi connectivity index (χ4n) is 3.33. The molecule has 1 fully saturated rings. The molecule has 1 amide bonds. The number of likely N-dealkylation sites (tertiary alicyclic amines) is 1. The first-order valence-corrected chi connectivity index (χ1v) is 8.85. The Morgan fingerprint density at radius 1 is 1.32 bits per heavy atom. The van der Waals surface area contributed by atoms with E-state index in [1.54, 1.807) is 18.2 Å². The van der Waals surface area contributed by atoms with Crippen molar-refractivity contribution in [3.63, 3.8) is 0 Å². The van der Waals surface area contributed by atoms with Crippen LogP contribution in [0.2, 0.25) is 0 Å². The zero-order chi connectivity index (χ0) is 17.6. The van der Waals surface area contributed by atoms with Crippen LogP contribution in [0, 0.1) is 5.92 Å². The molecule has 0 radical (unpaired) electrons. The SMILES string of the molecule is CCOC(=O)C1CCC[NH+](CCC(=O)Nc2ccc3c(c2)OCO3)C1. The number of quaternary nitrogens is 1. The third kappa shape index (κ3) is 4.63. The van der Waals surface area contributed by atoms with Crippen LogP contribution in [0.1, 0.15) is 26.2 Å². The van der Waals surface area contributed by atoms with E-state index in [9.17, 15) is 9.59 Å². The number of carbonyl (C=O) groups excluding carboxylic acids is 2. The van der Waals surface area contributed by atoms with E-state index in [0.717, 1.165) is 25.9 Å². The van der Waals surface area contributed by atoms with Gasteiger partial charge in [0.2, 0.25) is 12.7 Å². The Hall–Kier alpha value is -2.28. The van der Waals surface area contributed by atoms with Crippen LogP contribution in [-0.4, -0.2) is 44.9 Å². The van der Waals surface area contributed by atoms with Crippen LogP contribution in [0.4, 0.5) is 5.69 Å². The summed E-state index contributed by atoms with van der Waals surface area (Å²) in [5.74, 6) is 1.16. The van der Waals surface area contributed by atoms with Gasteiger partial charge in [0.15, 0.2) is 11.5 Å². The minimum absolute atomic E-state index is 0.0374. The first-order valence-electron chi connectivity index (χ1n) is 8.85. The number of nitrogens with one attached hydrogen (secondary N) is 2. The highest BCUT2D eigenvalue weighted by atomic mass is 16.7. The molecule has 3 rings (SSSR count). The Balaban J connectivity index is 1.45. The lowest BCUT2D eigenvalue weighted by Crippen LogP contribution is -3.13. The topological polar surface area (TPSA) is 78.3 Å². The van der Waals surface area contributed by atoms with E-state index in [4.69, 9.17) is 14.2 Å². The Labute approximate surface area is 147 Å². The van der Waals surface area contributed by atoms with E-state index in [0.29, 0.717) is 36.8 Å². The number of benzene rings is 1. The summed E-state index contributed by atoms with van der Waals surface area (Å²) in [6, 6.07) is 5.36. The van der Waals surface area contributed by atoms with Gasteiger partial charge >= 0.3 is 5.97 Å². The molecule has 2 N–H and O–H groups in total. The van der Waals surface area contributed by atoms with Gasteiger partial charge in [-0.15, -0.1) is 0 Å². The average Bonchev–Trinajstić information content (AvgIpc) is 3.08. The normalized spacial score (nSPS) is 21.6. The highest BCUT2D eigenvalue weighted by Crippen LogP contribution is 2.34. The second-order valence-corrected chi connectivity index (χ2v) is 6.41. The number of fused-ring (bicyclic) bond motifs is 1. The van der Waals surface area contributed by atoms with Gasteiger partial charge in [-0.05, 0) is 31.9 Å². The molecule has 0 saturated carbocycles. The molecule has 2 aliphatic heterocycles. The number of hydrogen-bond acceptors (Lipinski definition) is 5. The lowest BCUT2D eigenvalue weighted by atomic mass is 9.98. The maximum Gasteiger partial charge on any atom is 0.314 e. The van der Waals surface area contributed by atoms with Crippen LogP contribution in [0.25, 0.3) is 0 Å². The van der Waals surface area contributed by atoms with Gasteiger partial charge in [0, 0.05) is 11.8 Å². The third-order valence-electron chi connectivity index (χ3n) is 4.60. The van der Waals surface area contributed by atoms with Gasteiger partial charge in [-0.1, -0.05) is 0 Å². The largest absolute Gasteiger partial charge is 0.466 e. The first kappa shape index (κ1) is 17.5. The van der Waals surface area contributed by atoms with Gasteiger partial charge < -0.3 is 24.4 Å². The number of anilines is 1. The van der Waals surface area contributed by atoms with E-state index in [-0.39, 0.29) is 24.6 Å². The molecule has 0 spiro atoms. The molecule has 2 atom stereocenters. The number of rotatable bonds is 6. The summed E-state index contributed by atoms with van der Waals surface area (Å²) in [5, 5.41) is 2.89. The van der Waals surface area contributed by atoms with Crippen LogP contribution in [-0.2, 0) is 14.3 Å². The van der Waals surface area contributed by atoms with Gasteiger partial charge in [0.25, 0.3) is 0 Å². The maximum atomic E-state index is 12.2. The Morgan fingerprint density at radius 3 is 3.00 bits per heavy atom. The molecule has 7 nitrogen and oxygen atoms in total. The highest BCUT2D eigenvalue weighted by Gasteiger charge is 2.29. The quantitative estimate of drug-likeness (QED) is 0.736. The summed E-state index contributed by atoms with van der Waals surface area (Å²) in [4.78, 5) is 25.3. The summed E-state index contributed by atoms with van der Waals surface area (Å²) in [6.07, 6.45) is 2.29. The van der Waals surface area contributed by atoms with E-state index >= 15 is 0 Å². The summed E-state index contributed by atoms with van der Waals surface area (Å²) in [7, 11) is 0. The lowest BCUT2D eigenvalue weighted by Gasteiger charge is -2.28. The minimum Gasteiger partial charge on any atom is -0.466 e. The third-order valence-corrected chi connectivity index (χ3v) is 4.60. The molecule has 1 aromatic carbocycles. The van der Waals surface area contributed by atoms with Gasteiger partial charge in [0.05, 0.1) is 32.7 Å². The molecule has 136 valence electrons. The van der Waals surface area contributed by atoms with Crippen molar-refractivity contribution in [3.8, 4) is 11.5 Å². The Morgan fingerprint density at radius 2 is 2.16 bits per heavy atom. The van der Waals surface area contributed by atoms with Gasteiger partial charge in [-0.25, -0.2) is 0 Å². The van der Waals surface area contributed by atoms with Crippen molar-refractivity contribution in [2.45, 2.75) is 26.2 Å². The lowest BCUT2D eigenvalue weighted by molar-refractivity contribution is -0.906. The number of piperidine rings is 1. The fraction of sp³-hybridized carbons (Fsp3) is 0.556. The molecule has 0 aromatic heterocycles. The standard InChI is InChI=1S/C18H24N2O5/c1-2-23-18(22)13-4-3-8-20(11-13)9-7-17(21)19-14-5-6-15-16(10-14)25-12-24-15/h5-6,10,13H,2-4,7-9,11-12H2,1H3,(H,19,21)/p+1. The monoisotopic (exact) mass is 349 g/mol. The number of carbonyl (C=O) groups is 2. The second kappa shape index (κ2) is 8.20. The molecule has 0 aliphatic carbocycles. The predicted molar refractivity (Wildman–Crippen MR) is 90.7 cm³/mol. The Kier molecular flexibility index (Phi) is 5.75. The van der Waals surface area contributed by atoms with Crippen molar-refractivity contribution in [2.75, 3.05) is 38.4 Å².